The maximum Gasteiger partial charge on any atom is 0.339 e. The van der Waals surface area contributed by atoms with Gasteiger partial charge in [0.1, 0.15) is 58.1 Å². The number of carbonyl (C=O) groups excluding carboxylic acids is 3. The number of rotatable bonds is 16. The van der Waals surface area contributed by atoms with Crippen LogP contribution in [0.3, 0.4) is 0 Å². The molecule has 3 aromatic rings. The van der Waals surface area contributed by atoms with Crippen LogP contribution in [0.5, 0.6) is 0 Å². The molecule has 0 radical (unpaired) electrons. The van der Waals surface area contributed by atoms with Crippen LogP contribution < -0.4 is 21.9 Å². The fraction of sp³-hybridized carbons (Fsp3) is 0.400. The number of fused-ring (bicyclic) bond motifs is 4. The molecule has 5 aliphatic heterocycles. The van der Waals surface area contributed by atoms with Crippen LogP contribution in [-0.4, -0.2) is 161 Å². The van der Waals surface area contributed by atoms with Crippen molar-refractivity contribution >= 4 is 44.3 Å². The Morgan fingerprint density at radius 2 is 1.50 bits per heavy atom. The van der Waals surface area contributed by atoms with Crippen LogP contribution in [0.2, 0.25) is 0 Å². The van der Waals surface area contributed by atoms with Gasteiger partial charge >= 0.3 is 26.9 Å². The highest BCUT2D eigenvalue weighted by atomic mass is 31.2. The number of nitrogens with zero attached hydrogens (tertiary/aromatic N) is 4. The fourth-order valence-corrected chi connectivity index (χ4v) is 9.97. The van der Waals surface area contributed by atoms with Gasteiger partial charge in [-0.15, -0.1) is 0 Å². The molecule has 10 atom stereocenters. The second-order valence-corrected chi connectivity index (χ2v) is 20.9. The number of nitro groups is 2. The van der Waals surface area contributed by atoms with Crippen molar-refractivity contribution in [3.63, 3.8) is 0 Å². The first-order valence-electron chi connectivity index (χ1n) is 22.2. The van der Waals surface area contributed by atoms with E-state index in [0.717, 1.165) is 36.2 Å². The van der Waals surface area contributed by atoms with Crippen LogP contribution in [0.15, 0.2) is 88.5 Å². The highest BCUT2D eigenvalue weighted by Gasteiger charge is 2.66. The average molecular weight is 1100 g/mol. The zero-order valence-corrected chi connectivity index (χ0v) is 42.2. The number of aromatic amines is 1. The largest absolute Gasteiger partial charge is 0.449 e. The Morgan fingerprint density at radius 3 is 2.08 bits per heavy atom. The van der Waals surface area contributed by atoms with Gasteiger partial charge in [0.2, 0.25) is 0 Å². The molecule has 4 bridgehead atoms. The van der Waals surface area contributed by atoms with Gasteiger partial charge < -0.3 is 58.5 Å². The van der Waals surface area contributed by atoms with Gasteiger partial charge in [0.05, 0.1) is 54.4 Å². The molecule has 4 fully saturated rings. The molecule has 4 unspecified atom stereocenters. The van der Waals surface area contributed by atoms with Gasteiger partial charge in [-0.3, -0.25) is 62.3 Å². The summed E-state index contributed by atoms with van der Waals surface area (Å²) in [4.78, 5) is 105. The molecule has 5 aliphatic rings. The molecular weight excluding hydrogens is 1050 g/mol. The van der Waals surface area contributed by atoms with Crippen molar-refractivity contribution in [2.24, 2.45) is 0 Å². The fourth-order valence-electron chi connectivity index (χ4n) is 8.51. The minimum absolute atomic E-state index is 0.0515. The number of carbonyl (C=O) groups is 3. The summed E-state index contributed by atoms with van der Waals surface area (Å²) in [6.45, 7) is 5.31. The molecule has 2 aromatic carbocycles. The first-order valence-corrected chi connectivity index (χ1v) is 26.3. The predicted molar refractivity (Wildman–Crippen MR) is 257 cm³/mol. The van der Waals surface area contributed by atoms with Crippen molar-refractivity contribution in [1.29, 1.82) is 0 Å². The number of ether oxygens (including phenoxy) is 7. The number of non-ortho nitro benzene ring substituents is 1. The third kappa shape index (κ3) is 12.5. The number of amides is 2. The van der Waals surface area contributed by atoms with Crippen molar-refractivity contribution in [2.45, 2.75) is 48.1 Å². The summed E-state index contributed by atoms with van der Waals surface area (Å²) < 4.78 is 74.9. The van der Waals surface area contributed by atoms with E-state index in [-0.39, 0.29) is 50.0 Å². The number of benzene rings is 2. The van der Waals surface area contributed by atoms with E-state index < -0.39 is 126 Å². The molecule has 8 rings (SSSR count). The summed E-state index contributed by atoms with van der Waals surface area (Å²) in [5, 5.41) is 27.0. The third-order valence-corrected chi connectivity index (χ3v) is 12.9. The Morgan fingerprint density at radius 1 is 0.895 bits per heavy atom. The number of esters is 1. The van der Waals surface area contributed by atoms with E-state index >= 15 is 0 Å². The van der Waals surface area contributed by atoms with E-state index in [1.807, 2.05) is 0 Å². The number of nitrogens with one attached hydrogen (secondary N) is 3. The van der Waals surface area contributed by atoms with Crippen LogP contribution >= 0.6 is 15.2 Å². The molecule has 0 saturated carbocycles. The van der Waals surface area contributed by atoms with Gasteiger partial charge in [0, 0.05) is 46.0 Å². The lowest BCUT2D eigenvalue weighted by Gasteiger charge is -2.38. The number of H-pyrrole nitrogens is 1. The monoisotopic (exact) mass is 1100 g/mol. The van der Waals surface area contributed by atoms with Crippen LogP contribution in [0.25, 0.3) is 0 Å². The lowest BCUT2D eigenvalue weighted by atomic mass is 10.0. The standard InChI is InChI=1S/C23H25N2O9P.C22H22N5O13P/c1-15-24-20(26)17(10-7-11-31-22(27)16-8-5-4-6-9-16)12-25(15)21-18-19(34-35(3,28)29)23(33-21,13-30-2)14-32-18;1-37-10-22-11-38-16(17(22)40-41(2,35)36)20(39-22)25-9-12(18(28)24-21(25)30)4-3-7-23-19(29)14-6-5-13(26(31)32)8-15(14)27(33)34/h4-6,8-9,12,18-19,21H,1,11,13-14H2,2-3H3,(H,24,26)(H,28,29);5-6,8-9,16-17,20H,7,10-11H2,1-2H3,(H,23,29)(H,35,36)(H,24,28,30)/t18-,19?,21+,23-;16-,17?,20+,22-/m00/s1. The summed E-state index contributed by atoms with van der Waals surface area (Å²) in [5.74, 6) is 8.51. The van der Waals surface area contributed by atoms with Crippen LogP contribution in [0, 0.1) is 43.9 Å². The van der Waals surface area contributed by atoms with E-state index in [9.17, 15) is 63.1 Å². The smallest absolute Gasteiger partial charge is 0.339 e. The van der Waals surface area contributed by atoms with E-state index in [0.29, 0.717) is 11.6 Å². The molecule has 5 N–H and O–H groups in total. The van der Waals surface area contributed by atoms with Crippen LogP contribution in [0.4, 0.5) is 11.4 Å². The van der Waals surface area contributed by atoms with Crippen molar-refractivity contribution in [1.82, 2.24) is 25.1 Å². The van der Waals surface area contributed by atoms with Crippen LogP contribution in [-0.2, 0) is 56.1 Å². The minimum atomic E-state index is -4.01. The van der Waals surface area contributed by atoms with Gasteiger partial charge in [0.15, 0.2) is 19.1 Å². The van der Waals surface area contributed by atoms with Crippen molar-refractivity contribution in [3.05, 3.63) is 137 Å². The van der Waals surface area contributed by atoms with E-state index in [4.69, 9.17) is 42.2 Å². The molecule has 404 valence electrons. The number of hydrogen-bond donors (Lipinski definition) is 5. The molecule has 1 aromatic heterocycles. The molecule has 31 heteroatoms. The number of nitro benzene ring substituents is 2. The maximum atomic E-state index is 12.6. The first kappa shape index (κ1) is 56.5. The summed E-state index contributed by atoms with van der Waals surface area (Å²) in [7, 11) is -5.04. The first-order chi connectivity index (χ1) is 35.9. The van der Waals surface area contributed by atoms with Crippen molar-refractivity contribution in [3.8, 4) is 23.7 Å². The Balaban J connectivity index is 0.000000224. The maximum absolute atomic E-state index is 12.6. The Labute approximate surface area is 429 Å². The lowest BCUT2D eigenvalue weighted by molar-refractivity contribution is -0.394. The van der Waals surface area contributed by atoms with E-state index in [1.165, 1.54) is 25.3 Å². The Kier molecular flexibility index (Phi) is 17.1. The zero-order valence-electron chi connectivity index (χ0n) is 40.4. The molecular formula is C45H47N7O22P2. The van der Waals surface area contributed by atoms with E-state index in [2.05, 4.69) is 45.9 Å². The average Bonchev–Trinajstić information content (AvgIpc) is 4.07. The quantitative estimate of drug-likeness (QED) is 0.0431. The minimum Gasteiger partial charge on any atom is -0.449 e. The second-order valence-electron chi connectivity index (χ2n) is 17.2. The Hall–Kier alpha value is -7.21. The number of methoxy groups -OCH3 is 2. The Bertz CT molecular complexity index is 3210. The summed E-state index contributed by atoms with van der Waals surface area (Å²) in [5.41, 5.74) is -5.76. The summed E-state index contributed by atoms with van der Waals surface area (Å²) >= 11 is 0. The molecule has 2 amide bonds. The molecule has 0 aliphatic carbocycles. The normalized spacial score (nSPS) is 26.4. The van der Waals surface area contributed by atoms with Gasteiger partial charge in [-0.25, -0.2) is 9.59 Å². The highest BCUT2D eigenvalue weighted by molar-refractivity contribution is 7.52. The van der Waals surface area contributed by atoms with Gasteiger partial charge in [0.25, 0.3) is 28.7 Å². The molecule has 0 spiro atoms. The highest BCUT2D eigenvalue weighted by Crippen LogP contribution is 2.53. The molecule has 4 saturated heterocycles. The predicted octanol–water partition coefficient (Wildman–Crippen LogP) is 0.622. The van der Waals surface area contributed by atoms with Crippen molar-refractivity contribution < 1.29 is 85.4 Å². The van der Waals surface area contributed by atoms with E-state index in [1.54, 1.807) is 30.3 Å². The molecule has 29 nitrogen and oxygen atoms in total. The van der Waals surface area contributed by atoms with Crippen LogP contribution in [0.1, 0.15) is 32.5 Å². The van der Waals surface area contributed by atoms with Gasteiger partial charge in [-0.2, -0.15) is 0 Å². The zero-order chi connectivity index (χ0) is 55.3. The van der Waals surface area contributed by atoms with Crippen molar-refractivity contribution in [2.75, 3.05) is 67.1 Å². The summed E-state index contributed by atoms with van der Waals surface area (Å²) in [6, 6.07) is 11.0. The SMILES string of the molecule is C=C1NC(=O)C(C#CCOC(=O)c2ccccc2)=CN1[C@@H]1O[C@@]2(COC)CO[C@H]1C2OP(C)(=O)O.COC[C@]12CO[C@@H](C1OP(C)(=O)O)[C@H](n1cc(C#CCNC(=O)c3ccc([N+](=O)[O-])cc3[N+](=O)[O-])c(=O)[nH]c1=O)O2. The second kappa shape index (κ2) is 22.9. The molecule has 76 heavy (non-hydrogen) atoms. The summed E-state index contributed by atoms with van der Waals surface area (Å²) in [6.07, 6.45) is -3.28. The lowest BCUT2D eigenvalue weighted by Crippen LogP contribution is -2.50. The molecule has 6 heterocycles. The third-order valence-electron chi connectivity index (χ3n) is 11.6. The number of hydrogen-bond acceptors (Lipinski definition) is 21. The van der Waals surface area contributed by atoms with Gasteiger partial charge in [-0.1, -0.05) is 48.5 Å². The topological polar surface area (TPSA) is 377 Å². The van der Waals surface area contributed by atoms with Gasteiger partial charge in [-0.05, 0) is 18.2 Å². The number of aromatic nitrogens is 2.